The molecule has 1 aromatic rings. The van der Waals surface area contributed by atoms with Crippen LogP contribution in [0.5, 0.6) is 0 Å². The van der Waals surface area contributed by atoms with Crippen molar-refractivity contribution in [1.82, 2.24) is 14.9 Å². The highest BCUT2D eigenvalue weighted by Crippen LogP contribution is 2.28. The van der Waals surface area contributed by atoms with E-state index in [0.717, 1.165) is 30.5 Å². The summed E-state index contributed by atoms with van der Waals surface area (Å²) in [5, 5.41) is 3.18. The molecule has 0 aliphatic carbocycles. The maximum atomic E-state index is 4.68. The summed E-state index contributed by atoms with van der Waals surface area (Å²) in [5.74, 6) is 2.92. The van der Waals surface area contributed by atoms with Gasteiger partial charge < -0.3 is 10.2 Å². The second-order valence-corrected chi connectivity index (χ2v) is 5.95. The Bertz CT molecular complexity index is 481. The Kier molecular flexibility index (Phi) is 3.78. The minimum Gasteiger partial charge on any atom is -0.373 e. The molecule has 0 bridgehead atoms. The van der Waals surface area contributed by atoms with E-state index >= 15 is 0 Å². The van der Waals surface area contributed by atoms with Gasteiger partial charge in [-0.15, -0.1) is 0 Å². The Hall–Kier alpha value is -1.36. The predicted octanol–water partition coefficient (Wildman–Crippen LogP) is 1.81. The van der Waals surface area contributed by atoms with E-state index in [4.69, 9.17) is 0 Å². The van der Waals surface area contributed by atoms with Gasteiger partial charge >= 0.3 is 0 Å². The summed E-state index contributed by atoms with van der Waals surface area (Å²) < 4.78 is 0. The molecule has 2 saturated heterocycles. The SMILES string of the molecule is CNc1nc(C)nc(N2CCC(N3CCCC3)C2)c1C. The molecule has 3 rings (SSSR count). The molecule has 3 heterocycles. The number of nitrogens with one attached hydrogen (secondary N) is 1. The molecular formula is C15H25N5. The molecule has 0 saturated carbocycles. The van der Waals surface area contributed by atoms with Gasteiger partial charge in [0.2, 0.25) is 0 Å². The zero-order chi connectivity index (χ0) is 14.1. The van der Waals surface area contributed by atoms with Gasteiger partial charge in [0.1, 0.15) is 17.5 Å². The Morgan fingerprint density at radius 3 is 2.55 bits per heavy atom. The second-order valence-electron chi connectivity index (χ2n) is 5.95. The van der Waals surface area contributed by atoms with Gasteiger partial charge in [-0.3, -0.25) is 4.90 Å². The molecule has 20 heavy (non-hydrogen) atoms. The van der Waals surface area contributed by atoms with E-state index in [2.05, 4.69) is 32.0 Å². The van der Waals surface area contributed by atoms with Crippen LogP contribution >= 0.6 is 0 Å². The molecule has 5 heteroatoms. The molecule has 1 atom stereocenters. The first kappa shape index (κ1) is 13.6. The van der Waals surface area contributed by atoms with E-state index < -0.39 is 0 Å². The van der Waals surface area contributed by atoms with E-state index in [1.54, 1.807) is 0 Å². The normalized spacial score (nSPS) is 23.6. The van der Waals surface area contributed by atoms with Crippen LogP contribution in [0.2, 0.25) is 0 Å². The number of hydrogen-bond donors (Lipinski definition) is 1. The van der Waals surface area contributed by atoms with E-state index in [0.29, 0.717) is 6.04 Å². The minimum absolute atomic E-state index is 0.713. The van der Waals surface area contributed by atoms with Crippen LogP contribution in [0.4, 0.5) is 11.6 Å². The van der Waals surface area contributed by atoms with Crippen molar-refractivity contribution in [3.63, 3.8) is 0 Å². The summed E-state index contributed by atoms with van der Waals surface area (Å²) >= 11 is 0. The summed E-state index contributed by atoms with van der Waals surface area (Å²) in [5.41, 5.74) is 1.17. The number of aryl methyl sites for hydroxylation is 1. The number of rotatable bonds is 3. The summed E-state index contributed by atoms with van der Waals surface area (Å²) in [6, 6.07) is 0.713. The van der Waals surface area contributed by atoms with Crippen molar-refractivity contribution in [2.24, 2.45) is 0 Å². The van der Waals surface area contributed by atoms with Gasteiger partial charge in [-0.1, -0.05) is 0 Å². The fourth-order valence-electron chi connectivity index (χ4n) is 3.50. The van der Waals surface area contributed by atoms with Gasteiger partial charge in [0, 0.05) is 31.7 Å². The van der Waals surface area contributed by atoms with Crippen LogP contribution in [0.3, 0.4) is 0 Å². The van der Waals surface area contributed by atoms with Crippen LogP contribution in [-0.2, 0) is 0 Å². The minimum atomic E-state index is 0.713. The van der Waals surface area contributed by atoms with E-state index in [1.165, 1.54) is 37.9 Å². The number of aromatic nitrogens is 2. The number of likely N-dealkylation sites (tertiary alicyclic amines) is 1. The molecule has 2 fully saturated rings. The lowest BCUT2D eigenvalue weighted by Crippen LogP contribution is -2.35. The van der Waals surface area contributed by atoms with Crippen LogP contribution in [0.15, 0.2) is 0 Å². The van der Waals surface area contributed by atoms with Crippen LogP contribution < -0.4 is 10.2 Å². The standard InChI is InChI=1S/C15H25N5/c1-11-14(16-3)17-12(2)18-15(11)20-9-6-13(10-20)19-7-4-5-8-19/h13H,4-10H2,1-3H3,(H,16,17,18). The van der Waals surface area contributed by atoms with Gasteiger partial charge in [-0.2, -0.15) is 0 Å². The first-order valence-corrected chi connectivity index (χ1v) is 7.71. The summed E-state index contributed by atoms with van der Waals surface area (Å²) in [6.45, 7) is 8.87. The highest BCUT2D eigenvalue weighted by Gasteiger charge is 2.30. The molecule has 1 unspecified atom stereocenters. The monoisotopic (exact) mass is 275 g/mol. The molecule has 0 aromatic carbocycles. The largest absolute Gasteiger partial charge is 0.373 e. The van der Waals surface area contributed by atoms with Crippen LogP contribution in [-0.4, -0.2) is 54.1 Å². The molecule has 0 radical (unpaired) electrons. The van der Waals surface area contributed by atoms with Crippen molar-refractivity contribution < 1.29 is 0 Å². The lowest BCUT2D eigenvalue weighted by Gasteiger charge is -2.25. The van der Waals surface area contributed by atoms with E-state index in [1.807, 2.05) is 14.0 Å². The second kappa shape index (κ2) is 5.56. The first-order valence-electron chi connectivity index (χ1n) is 7.71. The molecular weight excluding hydrogens is 250 g/mol. The van der Waals surface area contributed by atoms with Gasteiger partial charge in [0.25, 0.3) is 0 Å². The predicted molar refractivity (Wildman–Crippen MR) is 82.5 cm³/mol. The Morgan fingerprint density at radius 2 is 1.85 bits per heavy atom. The molecule has 0 amide bonds. The highest BCUT2D eigenvalue weighted by molar-refractivity contribution is 5.59. The van der Waals surface area contributed by atoms with Gasteiger partial charge in [-0.05, 0) is 46.2 Å². The zero-order valence-electron chi connectivity index (χ0n) is 12.8. The number of hydrogen-bond acceptors (Lipinski definition) is 5. The number of anilines is 2. The Labute approximate surface area is 121 Å². The maximum Gasteiger partial charge on any atom is 0.137 e. The van der Waals surface area contributed by atoms with Crippen LogP contribution in [0, 0.1) is 13.8 Å². The van der Waals surface area contributed by atoms with E-state index in [-0.39, 0.29) is 0 Å². The highest BCUT2D eigenvalue weighted by atomic mass is 15.3. The average molecular weight is 275 g/mol. The first-order chi connectivity index (χ1) is 9.69. The summed E-state index contributed by atoms with van der Waals surface area (Å²) in [4.78, 5) is 14.2. The maximum absolute atomic E-state index is 4.68. The fourth-order valence-corrected chi connectivity index (χ4v) is 3.50. The van der Waals surface area contributed by atoms with Crippen LogP contribution in [0.25, 0.3) is 0 Å². The van der Waals surface area contributed by atoms with Gasteiger partial charge in [0.05, 0.1) is 0 Å². The third-order valence-corrected chi connectivity index (χ3v) is 4.59. The summed E-state index contributed by atoms with van der Waals surface area (Å²) in [7, 11) is 1.93. The lowest BCUT2D eigenvalue weighted by atomic mass is 10.2. The average Bonchev–Trinajstić information content (AvgIpc) is 3.10. The smallest absolute Gasteiger partial charge is 0.137 e. The molecule has 5 nitrogen and oxygen atoms in total. The molecule has 1 N–H and O–H groups in total. The van der Waals surface area contributed by atoms with Crippen molar-refractivity contribution >= 4 is 11.6 Å². The van der Waals surface area contributed by atoms with Crippen molar-refractivity contribution in [3.8, 4) is 0 Å². The molecule has 0 spiro atoms. The van der Waals surface area contributed by atoms with Crippen LogP contribution in [0.1, 0.15) is 30.7 Å². The molecule has 1 aromatic heterocycles. The van der Waals surface area contributed by atoms with Crippen molar-refractivity contribution in [2.45, 2.75) is 39.2 Å². The van der Waals surface area contributed by atoms with Crippen molar-refractivity contribution in [3.05, 3.63) is 11.4 Å². The van der Waals surface area contributed by atoms with E-state index in [9.17, 15) is 0 Å². The Morgan fingerprint density at radius 1 is 1.10 bits per heavy atom. The third-order valence-electron chi connectivity index (χ3n) is 4.59. The summed E-state index contributed by atoms with van der Waals surface area (Å²) in [6.07, 6.45) is 4.00. The lowest BCUT2D eigenvalue weighted by molar-refractivity contribution is 0.260. The topological polar surface area (TPSA) is 44.3 Å². The Balaban J connectivity index is 1.78. The molecule has 2 aliphatic heterocycles. The third kappa shape index (κ3) is 2.46. The zero-order valence-corrected chi connectivity index (χ0v) is 12.8. The molecule has 2 aliphatic rings. The van der Waals surface area contributed by atoms with Gasteiger partial charge in [-0.25, -0.2) is 9.97 Å². The van der Waals surface area contributed by atoms with Gasteiger partial charge in [0.15, 0.2) is 0 Å². The van der Waals surface area contributed by atoms with Crippen molar-refractivity contribution in [2.75, 3.05) is 43.4 Å². The number of nitrogens with zero attached hydrogens (tertiary/aromatic N) is 4. The molecule has 110 valence electrons. The quantitative estimate of drug-likeness (QED) is 0.911. The van der Waals surface area contributed by atoms with Crippen molar-refractivity contribution in [1.29, 1.82) is 0 Å². The fraction of sp³-hybridized carbons (Fsp3) is 0.733.